The second-order valence-electron chi connectivity index (χ2n) is 6.58. The van der Waals surface area contributed by atoms with Crippen LogP contribution >= 0.6 is 0 Å². The fraction of sp³-hybridized carbons (Fsp3) is 1.00. The summed E-state index contributed by atoms with van der Waals surface area (Å²) in [5, 5.41) is 0. The summed E-state index contributed by atoms with van der Waals surface area (Å²) in [7, 11) is 8.33. The molecule has 0 aliphatic carbocycles. The van der Waals surface area contributed by atoms with Gasteiger partial charge in [-0.1, -0.05) is 0 Å². The van der Waals surface area contributed by atoms with Gasteiger partial charge in [0, 0.05) is 71.1 Å². The Morgan fingerprint density at radius 3 is 0.356 bits per heavy atom. The molecule has 0 atom stereocenters. The molecule has 0 fully saturated rings. The van der Waals surface area contributed by atoms with Gasteiger partial charge in [-0.05, 0) is 0 Å². The Kier molecular flexibility index (Phi) is 44.0. The molecule has 0 radical (unpaired) electrons. The first kappa shape index (κ1) is 56.8. The maximum absolute atomic E-state index is 5.10. The maximum Gasteiger partial charge on any atom is 0.678 e. The molecule has 20 nitrogen and oxygen atoms in total. The van der Waals surface area contributed by atoms with E-state index in [0.29, 0.717) is 105 Å². The molecule has 0 aromatic rings. The predicted molar refractivity (Wildman–Crippen MR) is 209 cm³/mol. The molecule has 0 saturated carbocycles. The van der Waals surface area contributed by atoms with E-state index in [2.05, 4.69) is 0 Å². The summed E-state index contributed by atoms with van der Waals surface area (Å²) in [6, 6.07) is 0. The molecule has 0 spiro atoms. The third-order valence-electron chi connectivity index (χ3n) is 5.00. The van der Waals surface area contributed by atoms with Gasteiger partial charge in [0.25, 0.3) is 0 Å². The minimum atomic E-state index is -2.69. The number of hydrogen-bond donors (Lipinski definition) is 0. The summed E-state index contributed by atoms with van der Waals surface area (Å²) < 4.78 is 99.6. The highest BCUT2D eigenvalue weighted by Crippen LogP contribution is 2.06. The Bertz CT molecular complexity index is 400. The van der Waals surface area contributed by atoms with Crippen molar-refractivity contribution in [3.05, 3.63) is 0 Å². The van der Waals surface area contributed by atoms with Crippen molar-refractivity contribution < 1.29 is 85.4 Å². The van der Waals surface area contributed by atoms with Gasteiger partial charge in [0.15, 0.2) is 0 Å². The minimum Gasteiger partial charge on any atom is -0.404 e. The van der Waals surface area contributed by atoms with Crippen molar-refractivity contribution in [3.63, 3.8) is 0 Å². The van der Waals surface area contributed by atoms with Crippen LogP contribution in [0.1, 0.15) is 0 Å². The summed E-state index contributed by atoms with van der Waals surface area (Å²) >= 11 is 0. The lowest BCUT2D eigenvalue weighted by Gasteiger charge is -2.22. The molecule has 45 heavy (non-hydrogen) atoms. The van der Waals surface area contributed by atoms with E-state index in [1.54, 1.807) is 7.11 Å². The largest absolute Gasteiger partial charge is 0.678 e. The lowest BCUT2D eigenvalue weighted by molar-refractivity contribution is 0.0225. The van der Waals surface area contributed by atoms with Crippen molar-refractivity contribution in [2.75, 3.05) is 71.1 Å². The van der Waals surface area contributed by atoms with Crippen molar-refractivity contribution in [1.82, 2.24) is 0 Å². The zero-order valence-electron chi connectivity index (χ0n) is 30.7. The zero-order valence-corrected chi connectivity index (χ0v) is 55.7. The monoisotopic (exact) mass is 920 g/mol. The Hall–Kier alpha value is 2.45. The van der Waals surface area contributed by atoms with Gasteiger partial charge < -0.3 is 85.4 Å². The Morgan fingerprint density at radius 2 is 0.356 bits per heavy atom. The molecule has 0 aliphatic rings. The quantitative estimate of drug-likeness (QED) is 0.105. The van der Waals surface area contributed by atoms with Crippen LogP contribution in [0.4, 0.5) is 0 Å². The molecule has 0 bridgehead atoms. The third kappa shape index (κ3) is 23.5. The average molecular weight is 922 g/mol. The highest BCUT2D eigenvalue weighted by molar-refractivity contribution is 6.66. The van der Waals surface area contributed by atoms with Crippen molar-refractivity contribution >= 4 is 150 Å². The average Bonchev–Trinajstić information content (AvgIpc) is 3.12. The van der Waals surface area contributed by atoms with Crippen molar-refractivity contribution in [2.45, 2.75) is 0 Å². The van der Waals surface area contributed by atoms with Gasteiger partial charge in [-0.15, -0.1) is 0 Å². The van der Waals surface area contributed by atoms with Crippen LogP contribution < -0.4 is 0 Å². The van der Waals surface area contributed by atoms with Crippen LogP contribution in [0.5, 0.6) is 0 Å². The first-order chi connectivity index (χ1) is 21.2. The second kappa shape index (κ2) is 34.9. The van der Waals surface area contributed by atoms with Crippen molar-refractivity contribution in [1.29, 1.82) is 0 Å². The second-order valence-corrected chi connectivity index (χ2v) is 32.0. The molecular weight excluding hydrogens is 861 g/mol. The topological polar surface area (TPSA) is 185 Å². The first-order valence-corrected chi connectivity index (χ1v) is 28.6. The van der Waals surface area contributed by atoms with Gasteiger partial charge in [0.05, 0.1) is 0 Å². The predicted octanol–water partition coefficient (Wildman–Crippen LogP) is -13.5. The standard InChI is InChI=1S/C4H12O4Si.C3H12O4Si2.C2H12O4Si3.CH12O4Si4.H12O4Si5/c1-5-9(6-2,7-3)8-4;1-4-9(5-2,6-3)7-8;1-3-9(4-2,5-7)6-8;1-2-9(3-6,4-7)5-8;5-1-9(2-6,3-7)4-8/h1-4H3;1-3,8H3;1-2,7-8H3;1,6-8H3;5-8H3. The maximum atomic E-state index is 5.10. The molecular formula is C10H60O20Si15. The minimum absolute atomic E-state index is 0.562. The third-order valence-corrected chi connectivity index (χ3v) is 30.0. The summed E-state index contributed by atoms with van der Waals surface area (Å²) in [4.78, 5) is 0. The molecule has 280 valence electrons. The van der Waals surface area contributed by atoms with Crippen LogP contribution in [0.15, 0.2) is 0 Å². The SMILES string of the molecule is CO[Si](OC)(OC)OC.CO[Si](OC)(OC)O[SiH3].CO[Si](OC)(O[SiH3])O[SiH3].CO[Si](O[SiH3])(O[SiH3])O[SiH3].[SiH3]O[Si](O[SiH3])(O[SiH3])O[SiH3]. The van der Waals surface area contributed by atoms with E-state index >= 15 is 0 Å². The molecule has 0 heterocycles. The highest BCUT2D eigenvalue weighted by Gasteiger charge is 2.41. The van der Waals surface area contributed by atoms with Gasteiger partial charge in [0.1, 0.15) is 105 Å². The van der Waals surface area contributed by atoms with Crippen LogP contribution in [-0.4, -0.2) is 221 Å². The van der Waals surface area contributed by atoms with E-state index in [1.165, 1.54) is 64.0 Å². The molecule has 0 amide bonds. The Balaban J connectivity index is -0.000000148. The van der Waals surface area contributed by atoms with Crippen molar-refractivity contribution in [3.8, 4) is 0 Å². The molecule has 0 aliphatic heterocycles. The van der Waals surface area contributed by atoms with Gasteiger partial charge in [-0.2, -0.15) is 0 Å². The summed E-state index contributed by atoms with van der Waals surface area (Å²) in [5.41, 5.74) is 0. The molecule has 0 unspecified atom stereocenters. The van der Waals surface area contributed by atoms with Gasteiger partial charge in [0.2, 0.25) is 0 Å². The van der Waals surface area contributed by atoms with Gasteiger partial charge >= 0.3 is 45.2 Å². The fourth-order valence-corrected chi connectivity index (χ4v) is 32.5. The lowest BCUT2D eigenvalue weighted by Crippen LogP contribution is -2.46. The Morgan fingerprint density at radius 1 is 0.200 bits per heavy atom. The van der Waals surface area contributed by atoms with E-state index < -0.39 is 45.2 Å². The Labute approximate surface area is 305 Å². The number of hydrogen-bond acceptors (Lipinski definition) is 20. The molecule has 0 aromatic carbocycles. The van der Waals surface area contributed by atoms with Crippen LogP contribution in [-0.2, 0) is 85.4 Å². The van der Waals surface area contributed by atoms with Crippen LogP contribution in [0.25, 0.3) is 0 Å². The van der Waals surface area contributed by atoms with Gasteiger partial charge in [-0.3, -0.25) is 0 Å². The van der Waals surface area contributed by atoms with E-state index in [1.807, 2.05) is 0 Å². The van der Waals surface area contributed by atoms with Crippen molar-refractivity contribution in [2.24, 2.45) is 0 Å². The summed E-state index contributed by atoms with van der Waals surface area (Å²) in [5.74, 6) is 0. The summed E-state index contributed by atoms with van der Waals surface area (Å²) in [6.45, 7) is 0. The number of rotatable bonds is 20. The zero-order chi connectivity index (χ0) is 36.6. The molecule has 0 aromatic heterocycles. The van der Waals surface area contributed by atoms with Crippen LogP contribution in [0.3, 0.4) is 0 Å². The smallest absolute Gasteiger partial charge is 0.404 e. The first-order valence-electron chi connectivity index (χ1n) is 12.2. The van der Waals surface area contributed by atoms with Crippen LogP contribution in [0, 0.1) is 0 Å². The molecule has 35 heteroatoms. The lowest BCUT2D eigenvalue weighted by atomic mass is 11.8. The van der Waals surface area contributed by atoms with E-state index in [0.717, 1.165) is 0 Å². The molecule has 0 saturated heterocycles. The van der Waals surface area contributed by atoms with Crippen LogP contribution in [0.2, 0.25) is 0 Å². The van der Waals surface area contributed by atoms with E-state index in [9.17, 15) is 0 Å². The molecule has 0 rings (SSSR count). The van der Waals surface area contributed by atoms with Gasteiger partial charge in [-0.25, -0.2) is 0 Å². The normalized spacial score (nSPS) is 14.8. The molecule has 0 N–H and O–H groups in total. The summed E-state index contributed by atoms with van der Waals surface area (Å²) in [6.07, 6.45) is 0. The fourth-order valence-electron chi connectivity index (χ4n) is 2.50. The van der Waals surface area contributed by atoms with E-state index in [4.69, 9.17) is 85.4 Å². The highest BCUT2D eigenvalue weighted by atomic mass is 28.5. The van der Waals surface area contributed by atoms with E-state index in [-0.39, 0.29) is 0 Å².